The normalized spacial score (nSPS) is 11.3. The molecule has 0 saturated heterocycles. The number of nitrogens with zero attached hydrogens (tertiary/aromatic N) is 7. The van der Waals surface area contributed by atoms with Crippen LogP contribution in [-0.2, 0) is 88.1 Å². The van der Waals surface area contributed by atoms with Crippen molar-refractivity contribution >= 4 is 147 Å². The predicted octanol–water partition coefficient (Wildman–Crippen LogP) is 10.5. The van der Waals surface area contributed by atoms with E-state index in [9.17, 15) is 24.0 Å². The summed E-state index contributed by atoms with van der Waals surface area (Å²) in [5.41, 5.74) is 1.87. The fourth-order valence-electron chi connectivity index (χ4n) is 7.10. The first kappa shape index (κ1) is 120. The molecule has 0 heterocycles. The van der Waals surface area contributed by atoms with Gasteiger partial charge in [0.2, 0.25) is 23.6 Å². The standard InChI is InChI=1S/C14H22N2O2S.C11H24N2O4S.C11H24N2O3S.C10H23NO3S2.C10H21NO2S.C9H20N2O2S.C8H19NOS2/c1-11(2)16(3)18-10-12-4-6-13(7-5-12)15-14(17)8-9-19;1-10(2)13(15-3)9-17-6-5-16-8-12-11(14)4-7-18;1-10(2)13(3)16-8-7-15-6-5-12-11(14)4-9-17;1-10(2)11(12-3)8-13-4-5-14-9-16-7-6-15;1-9(2)11(3)13-7-4-5-10(12)6-8-14;1-8(2)11(13-3)6-5-10-9(12)4-7-14;1-8(2)9(10-3)4-6-12-7-5-11/h4-7,11,19H,8-10H2,1-3H3,(H,15,17);10,18H,4-9H2,1-3H3,(H,12,14);10,17H,4-9H2,1-3H3,(H,12,14);10,15H,4-9H2,1-3H3;9,14H,4-8H2,1-3H3;8,14H,4-7H2,1-3H3,(H,10,12);8,11H,4-7H2,1-3H3. The number of benzene rings is 1. The van der Waals surface area contributed by atoms with Crippen LogP contribution >= 0.6 is 112 Å². The maximum absolute atomic E-state index is 11.4. The van der Waals surface area contributed by atoms with E-state index in [1.807, 2.05) is 105 Å². The van der Waals surface area contributed by atoms with Gasteiger partial charge in [-0.3, -0.25) is 48.2 Å². The molecule has 4 N–H and O–H groups in total. The van der Waals surface area contributed by atoms with Gasteiger partial charge in [0, 0.05) is 151 Å². The number of amides is 4. The molecule has 0 unspecified atom stereocenters. The largest absolute Gasteiger partial charge is 0.377 e. The van der Waals surface area contributed by atoms with Gasteiger partial charge in [0.25, 0.3) is 0 Å². The summed E-state index contributed by atoms with van der Waals surface area (Å²) in [6.07, 6.45) is 3.72. The average molecular weight is 1750 g/mol. The number of carbonyl (C=O) groups is 5. The van der Waals surface area contributed by atoms with Crippen LogP contribution in [0.25, 0.3) is 0 Å². The third-order valence-corrected chi connectivity index (χ3v) is 18.1. The van der Waals surface area contributed by atoms with E-state index in [0.29, 0.717) is 202 Å². The Balaban J connectivity index is -0.000000288. The number of carbonyl (C=O) groups excluding carboxylic acids is 5. The first-order valence-electron chi connectivity index (χ1n) is 37.7. The topological polar surface area (TPSA) is 267 Å². The maximum atomic E-state index is 11.4. The highest BCUT2D eigenvalue weighted by Crippen LogP contribution is 2.13. The van der Waals surface area contributed by atoms with E-state index < -0.39 is 0 Å². The molecular weight excluding hydrogens is 1590 g/mol. The molecule has 0 fully saturated rings. The second-order valence-corrected chi connectivity index (χ2v) is 30.8. The minimum absolute atomic E-state index is 0.0133. The zero-order valence-corrected chi connectivity index (χ0v) is 78.8. The van der Waals surface area contributed by atoms with Gasteiger partial charge in [-0.25, -0.2) is 0 Å². The molecule has 0 saturated carbocycles. The molecule has 656 valence electrons. The van der Waals surface area contributed by atoms with Crippen LogP contribution in [0.15, 0.2) is 24.3 Å². The summed E-state index contributed by atoms with van der Waals surface area (Å²) in [5.74, 6) is 8.97. The molecule has 110 heavy (non-hydrogen) atoms. The van der Waals surface area contributed by atoms with Crippen molar-refractivity contribution in [2.24, 2.45) is 0 Å². The predicted molar refractivity (Wildman–Crippen MR) is 478 cm³/mol. The molecule has 0 atom stereocenters. The fourth-order valence-corrected chi connectivity index (χ4v) is 10.1. The lowest BCUT2D eigenvalue weighted by Gasteiger charge is -2.23. The van der Waals surface area contributed by atoms with Crippen LogP contribution in [0, 0.1) is 0 Å². The van der Waals surface area contributed by atoms with E-state index in [0.717, 1.165) is 53.0 Å². The van der Waals surface area contributed by atoms with Crippen molar-refractivity contribution in [3.05, 3.63) is 29.8 Å². The molecule has 0 bridgehead atoms. The average Bonchev–Trinajstić information content (AvgIpc) is 0.896. The van der Waals surface area contributed by atoms with E-state index in [1.165, 1.54) is 0 Å². The molecule has 0 aromatic heterocycles. The summed E-state index contributed by atoms with van der Waals surface area (Å²) in [6.45, 7) is 37.6. The molecule has 0 spiro atoms. The molecule has 28 nitrogen and oxygen atoms in total. The van der Waals surface area contributed by atoms with E-state index in [2.05, 4.69) is 179 Å². The second-order valence-electron chi connectivity index (χ2n) is 25.4. The monoisotopic (exact) mass is 1740 g/mol. The molecule has 4 amide bonds. The Kier molecular flexibility index (Phi) is 97.0. The quantitative estimate of drug-likeness (QED) is 0.0125. The van der Waals surface area contributed by atoms with Crippen molar-refractivity contribution in [1.82, 2.24) is 51.4 Å². The van der Waals surface area contributed by atoms with E-state index in [1.54, 1.807) is 55.4 Å². The summed E-state index contributed by atoms with van der Waals surface area (Å²) in [6, 6.07) is 10.1. The van der Waals surface area contributed by atoms with Crippen LogP contribution in [0.2, 0.25) is 0 Å². The number of hydrogen-bond donors (Lipinski definition) is 11. The fraction of sp³-hybridized carbons (Fsp3) is 0.849. The van der Waals surface area contributed by atoms with Gasteiger partial charge >= 0.3 is 0 Å². The Hall–Kier alpha value is -0.840. The molecule has 1 aromatic carbocycles. The van der Waals surface area contributed by atoms with Gasteiger partial charge in [0.05, 0.1) is 93.8 Å². The lowest BCUT2D eigenvalue weighted by molar-refractivity contribution is -0.208. The van der Waals surface area contributed by atoms with Crippen LogP contribution in [0.4, 0.5) is 5.69 Å². The number of Topliss-reactive ketones (excluding diaryl/α,β-unsaturated/α-hetero) is 1. The number of nitrogens with one attached hydrogen (secondary N) is 4. The van der Waals surface area contributed by atoms with Crippen molar-refractivity contribution < 1.29 is 81.5 Å². The zero-order chi connectivity index (χ0) is 84.7. The third kappa shape index (κ3) is 86.5. The van der Waals surface area contributed by atoms with Crippen LogP contribution in [0.3, 0.4) is 0 Å². The van der Waals surface area contributed by atoms with Crippen molar-refractivity contribution in [2.75, 3.05) is 218 Å². The lowest BCUT2D eigenvalue weighted by atomic mass is 10.2. The van der Waals surface area contributed by atoms with Gasteiger partial charge in [-0.15, -0.1) is 11.8 Å². The van der Waals surface area contributed by atoms with Gasteiger partial charge in [0.1, 0.15) is 26.0 Å². The Morgan fingerprint density at radius 2 is 0.782 bits per heavy atom. The van der Waals surface area contributed by atoms with Gasteiger partial charge in [-0.1, -0.05) is 12.1 Å². The molecule has 0 radical (unpaired) electrons. The Bertz CT molecular complexity index is 2190. The number of rotatable bonds is 61. The van der Waals surface area contributed by atoms with Crippen LogP contribution in [0.5, 0.6) is 0 Å². The molecule has 0 aliphatic heterocycles. The smallest absolute Gasteiger partial charge is 0.225 e. The van der Waals surface area contributed by atoms with Gasteiger partial charge in [-0.2, -0.15) is 136 Å². The summed E-state index contributed by atoms with van der Waals surface area (Å²) >= 11 is 31.8. The van der Waals surface area contributed by atoms with Crippen LogP contribution < -0.4 is 21.3 Å². The van der Waals surface area contributed by atoms with Crippen LogP contribution in [-0.4, -0.2) is 319 Å². The van der Waals surface area contributed by atoms with Crippen molar-refractivity contribution in [2.45, 2.75) is 191 Å². The SMILES string of the molecule is CC(C)N(C)OCCCC(=O)CCS.CC(C)N(C)OCCOCCNC(=O)CCS.CC(C)N(C)OCc1ccc(NC(=O)CCS)cc1.CON(CCNC(=O)CCS)C(C)C.CON(CCSCCS)C(C)C.CON(COCCOCNC(=O)CCS)C(C)C.CON(COCCOCSCCS)C(C)C. The first-order valence-corrected chi connectivity index (χ1v) is 44.4. The molecular formula is C73H153N11O17S9. The molecule has 1 aromatic rings. The molecule has 0 aliphatic carbocycles. The van der Waals surface area contributed by atoms with Gasteiger partial charge in [-0.05, 0) is 161 Å². The third-order valence-electron chi connectivity index (χ3n) is 14.1. The minimum atomic E-state index is -0.0590. The Morgan fingerprint density at radius 3 is 1.23 bits per heavy atom. The van der Waals surface area contributed by atoms with Crippen LogP contribution in [0.1, 0.15) is 147 Å². The first-order chi connectivity index (χ1) is 52.3. The molecule has 37 heteroatoms. The lowest BCUT2D eigenvalue weighted by Crippen LogP contribution is -2.37. The number of thiol groups is 7. The number of anilines is 1. The van der Waals surface area contributed by atoms with E-state index in [-0.39, 0.29) is 42.2 Å². The second kappa shape index (κ2) is 89.0. The Morgan fingerprint density at radius 1 is 0.382 bits per heavy atom. The molecule has 0 aliphatic rings. The van der Waals surface area contributed by atoms with Gasteiger partial charge < -0.3 is 54.6 Å². The van der Waals surface area contributed by atoms with Crippen molar-refractivity contribution in [3.8, 4) is 0 Å². The number of hydroxylamine groups is 14. The summed E-state index contributed by atoms with van der Waals surface area (Å²) in [5, 5.41) is 23.7. The van der Waals surface area contributed by atoms with E-state index in [4.69, 9.17) is 57.5 Å². The molecule has 1 rings (SSSR count). The number of ether oxygens (including phenoxy) is 5. The minimum Gasteiger partial charge on any atom is -0.377 e. The van der Waals surface area contributed by atoms with E-state index >= 15 is 0 Å². The Labute approximate surface area is 713 Å². The van der Waals surface area contributed by atoms with Crippen molar-refractivity contribution in [1.29, 1.82) is 0 Å². The van der Waals surface area contributed by atoms with Crippen molar-refractivity contribution in [3.63, 3.8) is 0 Å². The highest BCUT2D eigenvalue weighted by Gasteiger charge is 2.13. The van der Waals surface area contributed by atoms with Gasteiger partial charge in [0.15, 0.2) is 0 Å². The highest BCUT2D eigenvalue weighted by atomic mass is 32.2. The maximum Gasteiger partial charge on any atom is 0.225 e. The zero-order valence-electron chi connectivity index (χ0n) is 70.9. The summed E-state index contributed by atoms with van der Waals surface area (Å²) < 4.78 is 26.6. The number of ketones is 1. The summed E-state index contributed by atoms with van der Waals surface area (Å²) in [7, 11) is 12.3. The summed E-state index contributed by atoms with van der Waals surface area (Å²) in [4.78, 5) is 92.6. The number of thioether (sulfide) groups is 2. The highest BCUT2D eigenvalue weighted by molar-refractivity contribution is 8.00. The number of hydrogen-bond acceptors (Lipinski definition) is 33.